The van der Waals surface area contributed by atoms with Crippen LogP contribution >= 0.6 is 0 Å². The van der Waals surface area contributed by atoms with Crippen molar-refractivity contribution in [3.8, 4) is 0 Å². The summed E-state index contributed by atoms with van der Waals surface area (Å²) < 4.78 is 2.07. The van der Waals surface area contributed by atoms with Gasteiger partial charge in [-0.1, -0.05) is 120 Å². The first-order valence-corrected chi connectivity index (χ1v) is 18.7. The topological polar surface area (TPSA) is 188 Å². The number of carbonyl (C=O) groups is 4. The van der Waals surface area contributed by atoms with Gasteiger partial charge in [-0.15, -0.1) is 0 Å². The summed E-state index contributed by atoms with van der Waals surface area (Å²) in [6.45, 7) is 12.8. The van der Waals surface area contributed by atoms with Gasteiger partial charge in [-0.3, -0.25) is 19.2 Å². The molecule has 0 fully saturated rings. The third-order valence-corrected chi connectivity index (χ3v) is 8.37. The van der Waals surface area contributed by atoms with E-state index in [1.807, 2.05) is 99.8 Å². The van der Waals surface area contributed by atoms with Crippen LogP contribution in [0.25, 0.3) is 11.0 Å². The number of unbranched alkanes of at least 4 members (excludes halogenated alkanes) is 2. The second kappa shape index (κ2) is 29.5. The number of fused-ring (bicyclic) bond motifs is 1. The molecule has 0 spiro atoms. The Kier molecular flexibility index (Phi) is 26.7. The highest BCUT2D eigenvalue weighted by atomic mass is 16.2. The summed E-state index contributed by atoms with van der Waals surface area (Å²) in [7, 11) is 2.00. The van der Waals surface area contributed by atoms with Crippen molar-refractivity contribution in [3.05, 3.63) is 102 Å². The van der Waals surface area contributed by atoms with Gasteiger partial charge in [-0.05, 0) is 55.5 Å². The Labute approximate surface area is 317 Å². The zero-order chi connectivity index (χ0) is 40.0. The molecule has 4 amide bonds. The summed E-state index contributed by atoms with van der Waals surface area (Å²) in [5.74, 6) is 1.42. The highest BCUT2D eigenvalue weighted by molar-refractivity contribution is 5.78. The molecule has 2 unspecified atom stereocenters. The fourth-order valence-corrected chi connectivity index (χ4v) is 4.96. The van der Waals surface area contributed by atoms with Crippen molar-refractivity contribution in [2.75, 3.05) is 6.54 Å². The SMILES string of the molecule is CC.CCC(C)C(C)NC(=O)CCc1nc2ccccc2n1C.CCC(N)=O.NC=O.NCCCCCC(=O)NC(c1ccccc1)c1ccccc1. The van der Waals surface area contributed by atoms with Crippen molar-refractivity contribution < 1.29 is 19.2 Å². The summed E-state index contributed by atoms with van der Waals surface area (Å²) in [6.07, 6.45) is 6.35. The number of carbonyl (C=O) groups excluding carboxylic acids is 4. The third-order valence-electron chi connectivity index (χ3n) is 8.37. The van der Waals surface area contributed by atoms with E-state index in [2.05, 4.69) is 58.5 Å². The first-order chi connectivity index (χ1) is 25.5. The van der Waals surface area contributed by atoms with E-state index in [0.717, 1.165) is 53.7 Å². The minimum absolute atomic E-state index is 0.0923. The minimum Gasteiger partial charge on any atom is -0.372 e. The first-order valence-electron chi connectivity index (χ1n) is 18.7. The van der Waals surface area contributed by atoms with E-state index in [1.54, 1.807) is 6.92 Å². The van der Waals surface area contributed by atoms with Crippen LogP contribution in [0.2, 0.25) is 0 Å². The summed E-state index contributed by atoms with van der Waals surface area (Å²) in [5, 5.41) is 6.23. The van der Waals surface area contributed by atoms with Crippen molar-refractivity contribution >= 4 is 35.2 Å². The molecule has 4 rings (SSSR count). The second-order valence-electron chi connectivity index (χ2n) is 12.2. The van der Waals surface area contributed by atoms with Crippen molar-refractivity contribution in [3.63, 3.8) is 0 Å². The molecule has 0 saturated heterocycles. The van der Waals surface area contributed by atoms with E-state index in [4.69, 9.17) is 10.5 Å². The Morgan fingerprint density at radius 3 is 1.75 bits per heavy atom. The van der Waals surface area contributed by atoms with Crippen molar-refractivity contribution in [2.24, 2.45) is 30.2 Å². The maximum absolute atomic E-state index is 12.2. The molecular formula is C42H65N7O4. The number of nitrogens with zero attached hydrogens (tertiary/aromatic N) is 2. The van der Waals surface area contributed by atoms with Crippen LogP contribution in [-0.2, 0) is 32.6 Å². The lowest BCUT2D eigenvalue weighted by Gasteiger charge is -2.20. The molecule has 292 valence electrons. The molecule has 1 aromatic heterocycles. The number of benzene rings is 3. The molecule has 0 aliphatic rings. The van der Waals surface area contributed by atoms with Gasteiger partial charge in [0.1, 0.15) is 5.82 Å². The van der Waals surface area contributed by atoms with E-state index in [-0.39, 0.29) is 36.2 Å². The van der Waals surface area contributed by atoms with E-state index >= 15 is 0 Å². The molecule has 3 aromatic carbocycles. The van der Waals surface area contributed by atoms with E-state index in [1.165, 1.54) is 0 Å². The normalized spacial score (nSPS) is 11.0. The molecule has 0 radical (unpaired) electrons. The molecule has 4 aromatic rings. The highest BCUT2D eigenvalue weighted by Crippen LogP contribution is 2.22. The number of aryl methyl sites for hydroxylation is 2. The van der Waals surface area contributed by atoms with Gasteiger partial charge >= 0.3 is 0 Å². The number of nitrogens with one attached hydrogen (secondary N) is 2. The molecule has 8 N–H and O–H groups in total. The number of para-hydroxylation sites is 2. The molecule has 2 atom stereocenters. The number of nitrogens with two attached hydrogens (primary N) is 3. The Balaban J connectivity index is 0.000000818. The second-order valence-corrected chi connectivity index (χ2v) is 12.2. The van der Waals surface area contributed by atoms with E-state index < -0.39 is 0 Å². The van der Waals surface area contributed by atoms with Crippen LogP contribution in [0.1, 0.15) is 109 Å². The number of hydrogen-bond donors (Lipinski definition) is 5. The lowest BCUT2D eigenvalue weighted by Crippen LogP contribution is -2.37. The molecule has 0 aliphatic heterocycles. The van der Waals surface area contributed by atoms with Gasteiger partial charge < -0.3 is 32.4 Å². The molecule has 53 heavy (non-hydrogen) atoms. The van der Waals surface area contributed by atoms with Gasteiger partial charge in [-0.2, -0.15) is 0 Å². The first kappa shape index (κ1) is 48.0. The molecule has 11 nitrogen and oxygen atoms in total. The number of rotatable bonds is 15. The maximum atomic E-state index is 12.2. The zero-order valence-electron chi connectivity index (χ0n) is 33.0. The van der Waals surface area contributed by atoms with Crippen LogP contribution in [0.3, 0.4) is 0 Å². The molecule has 1 heterocycles. The third kappa shape index (κ3) is 20.0. The fraction of sp³-hybridized carbons (Fsp3) is 0.452. The highest BCUT2D eigenvalue weighted by Gasteiger charge is 2.16. The Morgan fingerprint density at radius 1 is 0.792 bits per heavy atom. The standard InChI is InChI=1S/C19H24N2O.C17H25N3O.C3H7NO.C2H6.CH3NO/c20-15-9-3-8-14-18(22)21-19(16-10-4-1-5-11-16)17-12-6-2-7-13-17;1-5-12(2)13(3)18-17(21)11-10-16-19-14-8-6-7-9-15(14)20(16)4;1-2-3(4)5;1-2;2-1-3/h1-2,4-7,10-13,19H,3,8-9,14-15,20H2,(H,21,22);6-9,12-13H,5,10-11H2,1-4H3,(H,18,21);2H2,1H3,(H2,4,5);1-2H3;1H,(H2,2,3). The summed E-state index contributed by atoms with van der Waals surface area (Å²) >= 11 is 0. The van der Waals surface area contributed by atoms with Crippen molar-refractivity contribution in [1.82, 2.24) is 20.2 Å². The van der Waals surface area contributed by atoms with Crippen LogP contribution in [0.15, 0.2) is 84.9 Å². The number of primary amides is 2. The zero-order valence-corrected chi connectivity index (χ0v) is 33.0. The predicted molar refractivity (Wildman–Crippen MR) is 218 cm³/mol. The quantitative estimate of drug-likeness (QED) is 0.0688. The predicted octanol–water partition coefficient (Wildman–Crippen LogP) is 6.48. The van der Waals surface area contributed by atoms with Gasteiger partial charge in [0.25, 0.3) is 0 Å². The lowest BCUT2D eigenvalue weighted by atomic mass is 9.98. The molecule has 0 bridgehead atoms. The minimum atomic E-state index is -0.245. The van der Waals surface area contributed by atoms with Gasteiger partial charge in [0.05, 0.1) is 17.1 Å². The summed E-state index contributed by atoms with van der Waals surface area (Å²) in [5.41, 5.74) is 18.6. The van der Waals surface area contributed by atoms with Crippen LogP contribution in [0, 0.1) is 5.92 Å². The number of amides is 4. The van der Waals surface area contributed by atoms with E-state index in [0.29, 0.717) is 38.1 Å². The van der Waals surface area contributed by atoms with Gasteiger partial charge in [0, 0.05) is 38.8 Å². The lowest BCUT2D eigenvalue weighted by molar-refractivity contribution is -0.122. The van der Waals surface area contributed by atoms with Gasteiger partial charge in [0.15, 0.2) is 0 Å². The fourth-order valence-electron chi connectivity index (χ4n) is 4.96. The monoisotopic (exact) mass is 732 g/mol. The van der Waals surface area contributed by atoms with Crippen molar-refractivity contribution in [1.29, 1.82) is 0 Å². The van der Waals surface area contributed by atoms with Crippen molar-refractivity contribution in [2.45, 2.75) is 105 Å². The Morgan fingerprint density at radius 2 is 1.28 bits per heavy atom. The molecule has 0 aliphatic carbocycles. The number of aromatic nitrogens is 2. The maximum Gasteiger partial charge on any atom is 0.220 e. The van der Waals surface area contributed by atoms with Crippen LogP contribution < -0.4 is 27.8 Å². The van der Waals surface area contributed by atoms with Crippen LogP contribution in [-0.4, -0.2) is 46.3 Å². The largest absolute Gasteiger partial charge is 0.372 e. The Hall–Kier alpha value is -5.03. The van der Waals surface area contributed by atoms with Crippen LogP contribution in [0.4, 0.5) is 0 Å². The van der Waals surface area contributed by atoms with Gasteiger partial charge in [0.2, 0.25) is 24.1 Å². The summed E-state index contributed by atoms with van der Waals surface area (Å²) in [6, 6.07) is 28.3. The summed E-state index contributed by atoms with van der Waals surface area (Å²) in [4.78, 5) is 47.0. The average molecular weight is 732 g/mol. The number of hydrogen-bond acceptors (Lipinski definition) is 6. The van der Waals surface area contributed by atoms with E-state index in [9.17, 15) is 14.4 Å². The smallest absolute Gasteiger partial charge is 0.220 e. The van der Waals surface area contributed by atoms with Gasteiger partial charge in [-0.25, -0.2) is 4.98 Å². The van der Waals surface area contributed by atoms with Crippen LogP contribution in [0.5, 0.6) is 0 Å². The average Bonchev–Trinajstić information content (AvgIpc) is 3.51. The molecular weight excluding hydrogens is 667 g/mol. The number of imidazole rings is 1. The molecule has 0 saturated carbocycles. The molecule has 11 heteroatoms. The Bertz CT molecular complexity index is 1520.